The minimum atomic E-state index is -4.43. The number of amides is 2. The molecular formula is C33H35ClFN5O5S. The van der Waals surface area contributed by atoms with Gasteiger partial charge in [-0.05, 0) is 87.1 Å². The molecule has 1 N–H and O–H groups in total. The number of pyridine rings is 1. The molecule has 13 heteroatoms. The predicted octanol–water partition coefficient (Wildman–Crippen LogP) is 4.04. The van der Waals surface area contributed by atoms with Crippen LogP contribution in [0.1, 0.15) is 19.8 Å². The number of benzene rings is 3. The molecule has 4 aromatic rings. The average Bonchev–Trinajstić information content (AvgIpc) is 3.01. The summed E-state index contributed by atoms with van der Waals surface area (Å²) in [5, 5.41) is 4.61. The first-order valence-corrected chi connectivity index (χ1v) is 16.6. The van der Waals surface area contributed by atoms with Crippen molar-refractivity contribution >= 4 is 49.9 Å². The van der Waals surface area contributed by atoms with E-state index in [0.717, 1.165) is 15.8 Å². The number of sulfonamides is 1. The second kappa shape index (κ2) is 13.7. The lowest BCUT2D eigenvalue weighted by Crippen LogP contribution is -2.60. The normalized spacial score (nSPS) is 16.3. The molecule has 242 valence electrons. The van der Waals surface area contributed by atoms with Gasteiger partial charge in [0.1, 0.15) is 17.9 Å². The Morgan fingerprint density at radius 3 is 2.50 bits per heavy atom. The summed E-state index contributed by atoms with van der Waals surface area (Å²) >= 11 is 6.12. The Labute approximate surface area is 272 Å². The molecule has 0 radical (unpaired) electrons. The lowest BCUT2D eigenvalue weighted by atomic mass is 10.0. The van der Waals surface area contributed by atoms with Crippen LogP contribution in [0, 0.1) is 5.82 Å². The molecule has 2 heterocycles. The van der Waals surface area contributed by atoms with Crippen molar-refractivity contribution in [2.45, 2.75) is 36.7 Å². The quantitative estimate of drug-likeness (QED) is 0.273. The molecule has 1 aliphatic heterocycles. The number of halogens is 2. The largest absolute Gasteiger partial charge is 0.353 e. The number of rotatable bonds is 10. The minimum Gasteiger partial charge on any atom is -0.353 e. The van der Waals surface area contributed by atoms with Gasteiger partial charge < -0.3 is 15.1 Å². The summed E-state index contributed by atoms with van der Waals surface area (Å²) in [7, 11) is -0.743. The van der Waals surface area contributed by atoms with Gasteiger partial charge in [0.05, 0.1) is 16.3 Å². The topological polar surface area (TPSA) is 112 Å². The van der Waals surface area contributed by atoms with Gasteiger partial charge in [0, 0.05) is 43.0 Å². The second-order valence-electron chi connectivity index (χ2n) is 11.5. The third kappa shape index (κ3) is 6.85. The summed E-state index contributed by atoms with van der Waals surface area (Å²) < 4.78 is 46.6. The van der Waals surface area contributed by atoms with E-state index in [0.29, 0.717) is 23.4 Å². The van der Waals surface area contributed by atoms with Crippen molar-refractivity contribution in [3.63, 3.8) is 0 Å². The summed E-state index contributed by atoms with van der Waals surface area (Å²) in [4.78, 5) is 42.8. The van der Waals surface area contributed by atoms with Crippen molar-refractivity contribution in [2.75, 3.05) is 38.6 Å². The summed E-state index contributed by atoms with van der Waals surface area (Å²) in [6, 6.07) is 15.7. The molecule has 1 aliphatic rings. The third-order valence-electron chi connectivity index (χ3n) is 8.01. The first-order chi connectivity index (χ1) is 21.9. The second-order valence-corrected chi connectivity index (χ2v) is 13.7. The zero-order chi connectivity index (χ0) is 33.2. The lowest BCUT2D eigenvalue weighted by Gasteiger charge is -2.40. The highest BCUT2D eigenvalue weighted by atomic mass is 35.5. The first kappa shape index (κ1) is 33.3. The minimum absolute atomic E-state index is 0.0505. The monoisotopic (exact) mass is 667 g/mol. The number of nitrogens with zero attached hydrogens (tertiary/aromatic N) is 4. The van der Waals surface area contributed by atoms with Gasteiger partial charge in [0.2, 0.25) is 21.8 Å². The molecule has 0 aliphatic carbocycles. The highest BCUT2D eigenvalue weighted by Crippen LogP contribution is 2.32. The van der Waals surface area contributed by atoms with E-state index in [4.69, 9.17) is 11.6 Å². The number of hydrogen-bond acceptors (Lipinski definition) is 6. The summed E-state index contributed by atoms with van der Waals surface area (Å²) in [5.74, 6) is -1.97. The number of nitrogens with one attached hydrogen (secondary N) is 1. The van der Waals surface area contributed by atoms with Crippen molar-refractivity contribution in [1.29, 1.82) is 0 Å². The summed E-state index contributed by atoms with van der Waals surface area (Å²) in [6.07, 6.45) is 1.99. The zero-order valence-corrected chi connectivity index (χ0v) is 27.3. The van der Waals surface area contributed by atoms with Crippen molar-refractivity contribution in [1.82, 2.24) is 19.1 Å². The number of likely N-dealkylation sites (N-methyl/N-ethyl adjacent to an activating group) is 1. The molecule has 0 spiro atoms. The van der Waals surface area contributed by atoms with Gasteiger partial charge in [-0.2, -0.15) is 4.31 Å². The maximum atomic E-state index is 15.6. The van der Waals surface area contributed by atoms with Crippen LogP contribution < -0.4 is 15.8 Å². The molecule has 2 atom stereocenters. The first-order valence-electron chi connectivity index (χ1n) is 14.8. The standard InChI is InChI=1S/C33H35ClFN5O5S/c1-22(32(42)36-15-18-37(2)3)40(46(44,45)27-13-10-23-19-25(34)11-9-24(23)20-27)30-7-6-17-39(33(30)43)29-14-12-26(21-28(29)35)38-16-5-4-8-31(38)41/h4-5,8-14,16,19-22,30H,6-7,15,17-18H2,1-3H3,(H,36,42). The van der Waals surface area contributed by atoms with E-state index >= 15 is 4.39 Å². The molecule has 0 bridgehead atoms. The summed E-state index contributed by atoms with van der Waals surface area (Å²) in [5.41, 5.74) is -0.123. The fraction of sp³-hybridized carbons (Fsp3) is 0.303. The van der Waals surface area contributed by atoms with Gasteiger partial charge in [0.15, 0.2) is 0 Å². The molecule has 3 aromatic carbocycles. The SMILES string of the molecule is CC(C(=O)NCCN(C)C)N(C1CCCN(c2ccc(-n3ccccc3=O)cc2F)C1=O)S(=O)(=O)c1ccc2cc(Cl)ccc2c1. The Bertz CT molecular complexity index is 1950. The Morgan fingerprint density at radius 1 is 1.04 bits per heavy atom. The number of carbonyl (C=O) groups excluding carboxylic acids is 2. The van der Waals surface area contributed by atoms with Gasteiger partial charge in [-0.1, -0.05) is 29.8 Å². The number of carbonyl (C=O) groups is 2. The Balaban J connectivity index is 1.52. The molecule has 1 saturated heterocycles. The summed E-state index contributed by atoms with van der Waals surface area (Å²) in [6.45, 7) is 2.39. The van der Waals surface area contributed by atoms with Crippen molar-refractivity contribution < 1.29 is 22.4 Å². The van der Waals surface area contributed by atoms with Crippen molar-refractivity contribution in [3.8, 4) is 5.69 Å². The number of piperidine rings is 1. The highest BCUT2D eigenvalue weighted by molar-refractivity contribution is 7.89. The van der Waals surface area contributed by atoms with Crippen molar-refractivity contribution in [2.24, 2.45) is 0 Å². The number of hydrogen-bond donors (Lipinski definition) is 1. The van der Waals surface area contributed by atoms with Crippen LogP contribution in [0.15, 0.2) is 88.7 Å². The van der Waals surface area contributed by atoms with Gasteiger partial charge in [0.25, 0.3) is 5.56 Å². The van der Waals surface area contributed by atoms with Gasteiger partial charge in [-0.25, -0.2) is 12.8 Å². The third-order valence-corrected chi connectivity index (χ3v) is 10.2. The fourth-order valence-electron chi connectivity index (χ4n) is 5.63. The molecule has 46 heavy (non-hydrogen) atoms. The van der Waals surface area contributed by atoms with Crippen LogP contribution >= 0.6 is 11.6 Å². The van der Waals surface area contributed by atoms with Gasteiger partial charge >= 0.3 is 0 Å². The molecule has 1 aromatic heterocycles. The lowest BCUT2D eigenvalue weighted by molar-refractivity contribution is -0.128. The molecule has 2 amide bonds. The van der Waals surface area contributed by atoms with E-state index in [1.165, 1.54) is 52.9 Å². The Kier molecular flexibility index (Phi) is 9.92. The Hall–Kier alpha value is -4.10. The zero-order valence-electron chi connectivity index (χ0n) is 25.7. The molecular weight excluding hydrogens is 633 g/mol. The molecule has 2 unspecified atom stereocenters. The smallest absolute Gasteiger partial charge is 0.255 e. The van der Waals surface area contributed by atoms with Gasteiger partial charge in [-0.3, -0.25) is 19.0 Å². The molecule has 10 nitrogen and oxygen atoms in total. The van der Waals surface area contributed by atoms with Gasteiger partial charge in [-0.15, -0.1) is 0 Å². The number of fused-ring (bicyclic) bond motifs is 1. The van der Waals surface area contributed by atoms with E-state index in [1.54, 1.807) is 36.4 Å². The van der Waals surface area contributed by atoms with Crippen LogP contribution in [-0.2, 0) is 19.6 Å². The van der Waals surface area contributed by atoms with Crippen LogP contribution in [0.2, 0.25) is 5.02 Å². The van der Waals surface area contributed by atoms with Crippen LogP contribution in [0.5, 0.6) is 0 Å². The van der Waals surface area contributed by atoms with E-state index in [9.17, 15) is 22.8 Å². The highest BCUT2D eigenvalue weighted by Gasteiger charge is 2.45. The Morgan fingerprint density at radius 2 is 1.78 bits per heavy atom. The van der Waals surface area contributed by atoms with Crippen LogP contribution in [0.3, 0.4) is 0 Å². The maximum absolute atomic E-state index is 15.6. The van der Waals surface area contributed by atoms with Crippen molar-refractivity contribution in [3.05, 3.63) is 100 Å². The average molecular weight is 668 g/mol. The molecule has 5 rings (SSSR count). The van der Waals surface area contributed by atoms with Crippen LogP contribution in [0.25, 0.3) is 16.5 Å². The number of anilines is 1. The van der Waals surface area contributed by atoms with E-state index in [2.05, 4.69) is 5.32 Å². The maximum Gasteiger partial charge on any atom is 0.255 e. The van der Waals surface area contributed by atoms with Crippen LogP contribution in [0.4, 0.5) is 10.1 Å². The molecule has 1 fully saturated rings. The van der Waals surface area contributed by atoms with E-state index in [1.807, 2.05) is 19.0 Å². The fourth-order valence-corrected chi connectivity index (χ4v) is 7.61. The number of aromatic nitrogens is 1. The van der Waals surface area contributed by atoms with E-state index in [-0.39, 0.29) is 41.3 Å². The molecule has 0 saturated carbocycles. The van der Waals surface area contributed by atoms with E-state index < -0.39 is 39.7 Å². The van der Waals surface area contributed by atoms with Crippen LogP contribution in [-0.4, -0.2) is 79.8 Å². The predicted molar refractivity (Wildman–Crippen MR) is 176 cm³/mol.